The summed E-state index contributed by atoms with van der Waals surface area (Å²) in [6.07, 6.45) is 0.131. The molecule has 0 fully saturated rings. The molecule has 1 aromatic heterocycles. The maximum Gasteiger partial charge on any atom is 0.305 e. The van der Waals surface area contributed by atoms with Crippen LogP contribution in [0.5, 0.6) is 0 Å². The Bertz CT molecular complexity index is 792. The van der Waals surface area contributed by atoms with Crippen molar-refractivity contribution in [3.8, 4) is 0 Å². The molecule has 1 aromatic carbocycles. The second kappa shape index (κ2) is 6.04. The van der Waals surface area contributed by atoms with Gasteiger partial charge in [0.15, 0.2) is 4.21 Å². The predicted octanol–water partition coefficient (Wildman–Crippen LogP) is 1.54. The maximum atomic E-state index is 13.0. The van der Waals surface area contributed by atoms with Crippen molar-refractivity contribution in [3.63, 3.8) is 0 Å². The zero-order valence-electron chi connectivity index (χ0n) is 10.9. The number of benzene rings is 1. The highest BCUT2D eigenvalue weighted by Crippen LogP contribution is 2.15. The standard InChI is InChI=1S/C12H12F2N2O3S2/c1-7-11(20-12(17)16-7)21(18,19)15-3-2-8-4-9(13)6-10(14)5-8/h4-6,15H,2-3H2,1H3,(H,16,17). The van der Waals surface area contributed by atoms with Crippen LogP contribution in [0, 0.1) is 18.6 Å². The Hall–Kier alpha value is -1.58. The summed E-state index contributed by atoms with van der Waals surface area (Å²) in [6, 6.07) is 3.02. The largest absolute Gasteiger partial charge is 0.315 e. The van der Waals surface area contributed by atoms with Crippen molar-refractivity contribution in [1.29, 1.82) is 0 Å². The second-order valence-corrected chi connectivity index (χ2v) is 7.30. The van der Waals surface area contributed by atoms with E-state index in [0.717, 1.165) is 18.2 Å². The summed E-state index contributed by atoms with van der Waals surface area (Å²) in [6.45, 7) is 1.45. The quantitative estimate of drug-likeness (QED) is 0.871. The zero-order chi connectivity index (χ0) is 15.6. The molecular weight excluding hydrogens is 322 g/mol. The van der Waals surface area contributed by atoms with E-state index in [1.807, 2.05) is 0 Å². The lowest BCUT2D eigenvalue weighted by Gasteiger charge is -2.06. The molecule has 0 amide bonds. The minimum absolute atomic E-state index is 0.0310. The number of halogens is 2. The highest BCUT2D eigenvalue weighted by molar-refractivity contribution is 7.91. The van der Waals surface area contributed by atoms with Gasteiger partial charge < -0.3 is 4.98 Å². The van der Waals surface area contributed by atoms with Crippen LogP contribution in [0.3, 0.4) is 0 Å². The molecule has 0 atom stereocenters. The van der Waals surface area contributed by atoms with Crippen molar-refractivity contribution in [2.75, 3.05) is 6.54 Å². The number of aromatic nitrogens is 1. The van der Waals surface area contributed by atoms with Crippen LogP contribution in [0.2, 0.25) is 0 Å². The van der Waals surface area contributed by atoms with Gasteiger partial charge in [0.1, 0.15) is 11.6 Å². The third-order valence-electron chi connectivity index (χ3n) is 2.65. The first-order valence-corrected chi connectivity index (χ1v) is 8.22. The van der Waals surface area contributed by atoms with E-state index in [1.165, 1.54) is 6.92 Å². The molecule has 9 heteroatoms. The Balaban J connectivity index is 2.06. The summed E-state index contributed by atoms with van der Waals surface area (Å²) in [5.74, 6) is -1.43. The van der Waals surface area contributed by atoms with Gasteiger partial charge in [-0.25, -0.2) is 21.9 Å². The number of aromatic amines is 1. The first-order chi connectivity index (χ1) is 9.78. The zero-order valence-corrected chi connectivity index (χ0v) is 12.6. The third-order valence-corrected chi connectivity index (χ3v) is 5.72. The molecule has 1 heterocycles. The topological polar surface area (TPSA) is 79.0 Å². The Labute approximate surface area is 123 Å². The van der Waals surface area contributed by atoms with Gasteiger partial charge >= 0.3 is 4.87 Å². The van der Waals surface area contributed by atoms with Crippen LogP contribution in [0.25, 0.3) is 0 Å². The molecule has 0 bridgehead atoms. The maximum absolute atomic E-state index is 13.0. The molecule has 21 heavy (non-hydrogen) atoms. The normalized spacial score (nSPS) is 11.8. The number of hydrogen-bond acceptors (Lipinski definition) is 4. The molecule has 0 aliphatic heterocycles. The SMILES string of the molecule is Cc1[nH]c(=O)sc1S(=O)(=O)NCCc1cc(F)cc(F)c1. The van der Waals surface area contributed by atoms with Crippen LogP contribution in [-0.4, -0.2) is 19.9 Å². The molecule has 0 spiro atoms. The van der Waals surface area contributed by atoms with E-state index >= 15 is 0 Å². The number of H-pyrrole nitrogens is 1. The van der Waals surface area contributed by atoms with Crippen molar-refractivity contribution >= 4 is 21.4 Å². The first kappa shape index (κ1) is 15.8. The lowest BCUT2D eigenvalue weighted by atomic mass is 10.1. The molecule has 0 aliphatic carbocycles. The number of nitrogens with one attached hydrogen (secondary N) is 2. The van der Waals surface area contributed by atoms with Crippen LogP contribution in [0.1, 0.15) is 11.3 Å². The summed E-state index contributed by atoms with van der Waals surface area (Å²) in [5, 5.41) is 0. The fraction of sp³-hybridized carbons (Fsp3) is 0.250. The smallest absolute Gasteiger partial charge is 0.305 e. The molecule has 2 rings (SSSR count). The van der Waals surface area contributed by atoms with E-state index in [1.54, 1.807) is 0 Å². The van der Waals surface area contributed by atoms with Gasteiger partial charge in [-0.3, -0.25) is 4.79 Å². The summed E-state index contributed by atoms with van der Waals surface area (Å²) >= 11 is 0.591. The van der Waals surface area contributed by atoms with E-state index in [9.17, 15) is 22.0 Å². The fourth-order valence-corrected chi connectivity index (χ4v) is 4.17. The number of sulfonamides is 1. The van der Waals surface area contributed by atoms with Crippen molar-refractivity contribution < 1.29 is 17.2 Å². The Morgan fingerprint density at radius 3 is 2.38 bits per heavy atom. The molecule has 0 aliphatic rings. The Morgan fingerprint density at radius 1 is 1.24 bits per heavy atom. The van der Waals surface area contributed by atoms with Crippen LogP contribution >= 0.6 is 11.3 Å². The molecule has 114 valence electrons. The van der Waals surface area contributed by atoms with Crippen molar-refractivity contribution in [2.24, 2.45) is 0 Å². The number of hydrogen-bond donors (Lipinski definition) is 2. The van der Waals surface area contributed by atoms with Crippen LogP contribution < -0.4 is 9.60 Å². The Morgan fingerprint density at radius 2 is 1.86 bits per heavy atom. The lowest BCUT2D eigenvalue weighted by molar-refractivity contribution is 0.577. The van der Waals surface area contributed by atoms with Crippen LogP contribution in [0.15, 0.2) is 27.2 Å². The van der Waals surface area contributed by atoms with Gasteiger partial charge in [0.05, 0.1) is 0 Å². The molecule has 0 radical (unpaired) electrons. The molecule has 0 saturated heterocycles. The fourth-order valence-electron chi connectivity index (χ4n) is 1.80. The molecule has 5 nitrogen and oxygen atoms in total. The molecule has 0 saturated carbocycles. The summed E-state index contributed by atoms with van der Waals surface area (Å²) in [4.78, 5) is 13.0. The van der Waals surface area contributed by atoms with Crippen LogP contribution in [-0.2, 0) is 16.4 Å². The van der Waals surface area contributed by atoms with Gasteiger partial charge in [0, 0.05) is 18.3 Å². The average molecular weight is 334 g/mol. The first-order valence-electron chi connectivity index (χ1n) is 5.92. The third kappa shape index (κ3) is 3.96. The van der Waals surface area contributed by atoms with E-state index in [-0.39, 0.29) is 22.9 Å². The molecule has 0 unspecified atom stereocenters. The summed E-state index contributed by atoms with van der Waals surface area (Å²) in [5.41, 5.74) is 0.600. The number of rotatable bonds is 5. The second-order valence-electron chi connectivity index (χ2n) is 4.35. The van der Waals surface area contributed by atoms with Crippen molar-refractivity contribution in [2.45, 2.75) is 17.6 Å². The molecule has 2 aromatic rings. The van der Waals surface area contributed by atoms with Gasteiger partial charge in [-0.15, -0.1) is 0 Å². The van der Waals surface area contributed by atoms with E-state index in [0.29, 0.717) is 16.9 Å². The molecule has 2 N–H and O–H groups in total. The van der Waals surface area contributed by atoms with Gasteiger partial charge in [-0.1, -0.05) is 11.3 Å². The average Bonchev–Trinajstić information content (AvgIpc) is 2.67. The minimum Gasteiger partial charge on any atom is -0.315 e. The van der Waals surface area contributed by atoms with Crippen molar-refractivity contribution in [1.82, 2.24) is 9.71 Å². The van der Waals surface area contributed by atoms with Gasteiger partial charge in [-0.2, -0.15) is 0 Å². The van der Waals surface area contributed by atoms with Gasteiger partial charge in [0.25, 0.3) is 10.0 Å². The van der Waals surface area contributed by atoms with Crippen molar-refractivity contribution in [3.05, 3.63) is 50.8 Å². The van der Waals surface area contributed by atoms with E-state index in [2.05, 4.69) is 9.71 Å². The van der Waals surface area contributed by atoms with Crippen LogP contribution in [0.4, 0.5) is 8.78 Å². The predicted molar refractivity (Wildman–Crippen MR) is 74.9 cm³/mol. The highest BCUT2D eigenvalue weighted by Gasteiger charge is 2.19. The van der Waals surface area contributed by atoms with E-state index in [4.69, 9.17) is 0 Å². The van der Waals surface area contributed by atoms with Gasteiger partial charge in [-0.05, 0) is 31.0 Å². The monoisotopic (exact) mass is 334 g/mol. The summed E-state index contributed by atoms with van der Waals surface area (Å²) in [7, 11) is -3.81. The summed E-state index contributed by atoms with van der Waals surface area (Å²) < 4.78 is 52.2. The minimum atomic E-state index is -3.81. The number of thiazole rings is 1. The van der Waals surface area contributed by atoms with Gasteiger partial charge in [0.2, 0.25) is 0 Å². The molecular formula is C12H12F2N2O3S2. The lowest BCUT2D eigenvalue weighted by Crippen LogP contribution is -2.26. The highest BCUT2D eigenvalue weighted by atomic mass is 32.2. The van der Waals surface area contributed by atoms with E-state index < -0.39 is 26.5 Å². The number of aryl methyl sites for hydroxylation is 1. The Kier molecular flexibility index (Phi) is 4.55.